The second kappa shape index (κ2) is 10.1. The summed E-state index contributed by atoms with van der Waals surface area (Å²) in [5.41, 5.74) is 2.89. The minimum Gasteiger partial charge on any atom is -0.391 e. The molecule has 1 saturated heterocycles. The Morgan fingerprint density at radius 3 is 2.57 bits per heavy atom. The molecule has 1 unspecified atom stereocenters. The number of aryl methyl sites for hydroxylation is 1. The van der Waals surface area contributed by atoms with Gasteiger partial charge < -0.3 is 20.6 Å². The van der Waals surface area contributed by atoms with Gasteiger partial charge in [-0.1, -0.05) is 45.0 Å². The van der Waals surface area contributed by atoms with Crippen LogP contribution in [0.3, 0.4) is 0 Å². The number of hydrogen-bond donors (Lipinski definition) is 3. The minimum atomic E-state index is -1.10. The van der Waals surface area contributed by atoms with Gasteiger partial charge in [0.1, 0.15) is 17.4 Å². The van der Waals surface area contributed by atoms with Crippen LogP contribution < -0.4 is 10.6 Å². The van der Waals surface area contributed by atoms with Gasteiger partial charge in [0.05, 0.1) is 36.0 Å². The molecule has 0 radical (unpaired) electrons. The number of aliphatic imine (C=N–C) groups is 1. The summed E-state index contributed by atoms with van der Waals surface area (Å²) in [6.07, 6.45) is -0.506. The Kier molecular flexibility index (Phi) is 7.36. The monoisotopic (exact) mass is 521 g/mol. The second-order valence-corrected chi connectivity index (χ2v) is 11.9. The number of benzene rings is 1. The molecule has 37 heavy (non-hydrogen) atoms. The molecule has 1 aromatic heterocycles. The summed E-state index contributed by atoms with van der Waals surface area (Å²) in [7, 11) is 1.99. The molecule has 194 valence electrons. The van der Waals surface area contributed by atoms with Crippen LogP contribution in [0.25, 0.3) is 10.4 Å². The Balaban J connectivity index is 1.57. The number of rotatable bonds is 6. The number of carbonyl (C=O) groups excluding carboxylic acids is 3. The molecule has 2 aromatic rings. The maximum Gasteiger partial charge on any atom is 0.277 e. The van der Waals surface area contributed by atoms with Crippen LogP contribution >= 0.6 is 11.3 Å². The van der Waals surface area contributed by atoms with Crippen LogP contribution in [-0.2, 0) is 15.1 Å². The zero-order chi connectivity index (χ0) is 27.1. The predicted molar refractivity (Wildman–Crippen MR) is 149 cm³/mol. The van der Waals surface area contributed by atoms with Crippen molar-refractivity contribution in [3.05, 3.63) is 41.0 Å². The summed E-state index contributed by atoms with van der Waals surface area (Å²) in [6.45, 7) is 9.50. The van der Waals surface area contributed by atoms with E-state index in [1.54, 1.807) is 26.0 Å². The van der Waals surface area contributed by atoms with Gasteiger partial charge in [0.25, 0.3) is 5.91 Å². The average Bonchev–Trinajstić information content (AvgIpc) is 3.53. The number of β-amino-alcohol motifs (C(OH)–C–C–N with tert-alkyl or cyclic N) is 1. The lowest BCUT2D eigenvalue weighted by Crippen LogP contribution is -2.58. The molecule has 3 amide bonds. The number of nitrogens with zero attached hydrogens (tertiary/aromatic N) is 3. The van der Waals surface area contributed by atoms with Crippen molar-refractivity contribution in [2.45, 2.75) is 64.8 Å². The maximum atomic E-state index is 13.7. The molecule has 0 bridgehead atoms. The second-order valence-electron chi connectivity index (χ2n) is 11.0. The fourth-order valence-electron chi connectivity index (χ4n) is 4.84. The third-order valence-electron chi connectivity index (χ3n) is 7.11. The Labute approximate surface area is 222 Å². The van der Waals surface area contributed by atoms with Crippen molar-refractivity contribution in [1.29, 1.82) is 0 Å². The summed E-state index contributed by atoms with van der Waals surface area (Å²) >= 11 is 1.57. The lowest BCUT2D eigenvalue weighted by Gasteiger charge is -2.36. The highest BCUT2D eigenvalue weighted by molar-refractivity contribution is 7.13. The zero-order valence-corrected chi connectivity index (χ0v) is 23.0. The van der Waals surface area contributed by atoms with E-state index in [-0.39, 0.29) is 37.8 Å². The summed E-state index contributed by atoms with van der Waals surface area (Å²) in [6, 6.07) is 6.36. The SMILES string of the molecule is BBC(=O)NC(C(=O)N1C[C@H](O)C[C@H]1C1=NC(=O)[C@](C)(c2ccc(-c3scnc3C)cc2)N1)C(C)(C)C. The first-order chi connectivity index (χ1) is 17.3. The van der Waals surface area contributed by atoms with E-state index >= 15 is 0 Å². The fraction of sp³-hybridized carbons (Fsp3) is 0.480. The molecular formula is C25H33B2N5O4S. The molecule has 0 aliphatic carbocycles. The van der Waals surface area contributed by atoms with Crippen molar-refractivity contribution in [2.75, 3.05) is 6.54 Å². The topological polar surface area (TPSA) is 124 Å². The predicted octanol–water partition coefficient (Wildman–Crippen LogP) is 0.933. The number of amides is 3. The summed E-state index contributed by atoms with van der Waals surface area (Å²) in [4.78, 5) is 50.3. The van der Waals surface area contributed by atoms with Gasteiger partial charge in [-0.05, 0) is 30.4 Å². The lowest BCUT2D eigenvalue weighted by atomic mass is 9.55. The van der Waals surface area contributed by atoms with Crippen molar-refractivity contribution in [2.24, 2.45) is 10.4 Å². The largest absolute Gasteiger partial charge is 0.391 e. The summed E-state index contributed by atoms with van der Waals surface area (Å²) in [5, 5.41) is 16.6. The molecule has 1 fully saturated rings. The van der Waals surface area contributed by atoms with E-state index in [4.69, 9.17) is 0 Å². The number of aromatic nitrogens is 1. The molecule has 4 rings (SSSR count). The number of amidine groups is 1. The van der Waals surface area contributed by atoms with Crippen LogP contribution in [0.1, 0.15) is 45.4 Å². The molecule has 4 atom stereocenters. The molecule has 2 aliphatic heterocycles. The van der Waals surface area contributed by atoms with E-state index in [1.807, 2.05) is 57.5 Å². The number of carbonyl (C=O) groups is 3. The first-order valence-corrected chi connectivity index (χ1v) is 13.4. The Morgan fingerprint density at radius 1 is 1.32 bits per heavy atom. The molecule has 3 heterocycles. The van der Waals surface area contributed by atoms with Gasteiger partial charge in [0.2, 0.25) is 5.91 Å². The molecule has 12 heteroatoms. The third-order valence-corrected chi connectivity index (χ3v) is 8.09. The standard InChI is InChI=1S/C25H33B2N5O4S/c1-13-18(37-12-28-13)14-6-8-15(9-7-14)25(5)22(35)30-20(31-25)17-10-16(33)11-32(17)21(34)19(24(2,3)4)29-23(36)27-26/h6-9,12,16-17,19,27,33H,10-11,26H2,1-5H3,(H,29,36)(H,30,31,35)/t16-,17+,19?,25+/m1/s1. The number of likely N-dealkylation sites (tertiary alicyclic amines) is 1. The first-order valence-electron chi connectivity index (χ1n) is 12.5. The molecule has 0 spiro atoms. The average molecular weight is 521 g/mol. The van der Waals surface area contributed by atoms with Gasteiger partial charge in [0.15, 0.2) is 13.0 Å². The highest BCUT2D eigenvalue weighted by Gasteiger charge is 2.49. The molecule has 0 saturated carbocycles. The van der Waals surface area contributed by atoms with Gasteiger partial charge in [-0.3, -0.25) is 14.4 Å². The van der Waals surface area contributed by atoms with E-state index in [0.29, 0.717) is 5.84 Å². The first kappa shape index (κ1) is 27.1. The van der Waals surface area contributed by atoms with Crippen LogP contribution in [0, 0.1) is 12.3 Å². The molecule has 1 aromatic carbocycles. The Morgan fingerprint density at radius 2 is 2.00 bits per heavy atom. The summed E-state index contributed by atoms with van der Waals surface area (Å²) in [5.74, 6) is -0.523. The van der Waals surface area contributed by atoms with E-state index < -0.39 is 29.1 Å². The van der Waals surface area contributed by atoms with E-state index in [2.05, 4.69) is 20.6 Å². The maximum absolute atomic E-state index is 13.7. The van der Waals surface area contributed by atoms with Gasteiger partial charge in [-0.25, -0.2) is 4.98 Å². The van der Waals surface area contributed by atoms with Crippen molar-refractivity contribution in [3.63, 3.8) is 0 Å². The number of aliphatic hydroxyl groups excluding tert-OH is 1. The fourth-order valence-corrected chi connectivity index (χ4v) is 5.65. The molecule has 2 aliphatic rings. The van der Waals surface area contributed by atoms with E-state index in [0.717, 1.165) is 21.7 Å². The lowest BCUT2D eigenvalue weighted by molar-refractivity contribution is -0.136. The highest BCUT2D eigenvalue weighted by atomic mass is 32.1. The third kappa shape index (κ3) is 5.22. The van der Waals surface area contributed by atoms with Crippen LogP contribution in [0.15, 0.2) is 34.8 Å². The van der Waals surface area contributed by atoms with Crippen molar-refractivity contribution in [1.82, 2.24) is 20.5 Å². The van der Waals surface area contributed by atoms with Crippen LogP contribution in [0.2, 0.25) is 0 Å². The van der Waals surface area contributed by atoms with Crippen molar-refractivity contribution in [3.8, 4) is 10.4 Å². The number of hydrogen-bond acceptors (Lipinski definition) is 7. The van der Waals surface area contributed by atoms with Crippen LogP contribution in [0.5, 0.6) is 0 Å². The number of nitrogens with one attached hydrogen (secondary N) is 2. The van der Waals surface area contributed by atoms with E-state index in [1.165, 1.54) is 4.90 Å². The van der Waals surface area contributed by atoms with Crippen LogP contribution in [0.4, 0.5) is 4.79 Å². The molecule has 3 N–H and O–H groups in total. The van der Waals surface area contributed by atoms with Crippen LogP contribution in [-0.4, -0.2) is 78.1 Å². The molecular weight excluding hydrogens is 488 g/mol. The zero-order valence-electron chi connectivity index (χ0n) is 22.2. The van der Waals surface area contributed by atoms with Gasteiger partial charge in [-0.15, -0.1) is 11.3 Å². The number of aliphatic hydroxyl groups is 1. The summed E-state index contributed by atoms with van der Waals surface area (Å²) < 4.78 is 0. The van der Waals surface area contributed by atoms with Crippen molar-refractivity contribution < 1.29 is 19.5 Å². The van der Waals surface area contributed by atoms with Gasteiger partial charge in [-0.2, -0.15) is 4.99 Å². The normalized spacial score (nSPS) is 24.4. The van der Waals surface area contributed by atoms with Gasteiger partial charge >= 0.3 is 0 Å². The smallest absolute Gasteiger partial charge is 0.277 e. The van der Waals surface area contributed by atoms with Gasteiger partial charge in [0, 0.05) is 13.0 Å². The van der Waals surface area contributed by atoms with Crippen molar-refractivity contribution >= 4 is 49.7 Å². The quantitative estimate of drug-likeness (QED) is 0.487. The van der Waals surface area contributed by atoms with E-state index in [9.17, 15) is 19.5 Å². The Bertz CT molecular complexity index is 1240. The molecule has 9 nitrogen and oxygen atoms in total. The minimum absolute atomic E-state index is 0.104. The number of thiazole rings is 1. The highest BCUT2D eigenvalue weighted by Crippen LogP contribution is 2.34. The Hall–Kier alpha value is -2.98.